The third-order valence-electron chi connectivity index (χ3n) is 2.00. The molecule has 0 aliphatic carbocycles. The van der Waals surface area contributed by atoms with E-state index in [1.807, 2.05) is 6.07 Å². The van der Waals surface area contributed by atoms with Gasteiger partial charge in [-0.15, -0.1) is 0 Å². The van der Waals surface area contributed by atoms with Crippen LogP contribution in [-0.2, 0) is 0 Å². The Morgan fingerprint density at radius 3 is 2.89 bits per heavy atom. The topological polar surface area (TPSA) is 81.5 Å². The first kappa shape index (κ1) is 11.7. The van der Waals surface area contributed by atoms with Crippen LogP contribution in [0.2, 0.25) is 0 Å². The number of hydrogen-bond acceptors (Lipinski definition) is 5. The molecule has 2 aromatic heterocycles. The van der Waals surface area contributed by atoms with Gasteiger partial charge in [0.15, 0.2) is 5.82 Å². The molecule has 0 amide bonds. The average Bonchev–Trinajstić information content (AvgIpc) is 2.85. The highest BCUT2D eigenvalue weighted by molar-refractivity contribution is 5.79. The van der Waals surface area contributed by atoms with Crippen LogP contribution in [0.4, 0.5) is 11.7 Å². The van der Waals surface area contributed by atoms with Crippen molar-refractivity contribution >= 4 is 24.0 Å². The van der Waals surface area contributed by atoms with Crippen LogP contribution in [0.1, 0.15) is 5.76 Å². The highest BCUT2D eigenvalue weighted by Gasteiger charge is 2.09. The van der Waals surface area contributed by atoms with Crippen LogP contribution in [0.15, 0.2) is 52.0 Å². The van der Waals surface area contributed by atoms with Crippen molar-refractivity contribution in [2.75, 3.05) is 0 Å². The Kier molecular flexibility index (Phi) is 3.60. The van der Waals surface area contributed by atoms with E-state index in [0.29, 0.717) is 11.6 Å². The van der Waals surface area contributed by atoms with E-state index in [1.54, 1.807) is 30.5 Å². The maximum absolute atomic E-state index is 10.4. The summed E-state index contributed by atoms with van der Waals surface area (Å²) in [6.45, 7) is 0. The molecule has 0 saturated carbocycles. The van der Waals surface area contributed by atoms with Crippen molar-refractivity contribution in [1.82, 2.24) is 4.98 Å². The fourth-order valence-corrected chi connectivity index (χ4v) is 1.22. The quantitative estimate of drug-likeness (QED) is 0.469. The van der Waals surface area contributed by atoms with Gasteiger partial charge in [0.05, 0.1) is 6.07 Å². The summed E-state index contributed by atoms with van der Waals surface area (Å²) in [5, 5.41) is 10.4. The molecule has 6 heteroatoms. The molecule has 0 unspecified atom stereocenters. The zero-order valence-corrected chi connectivity index (χ0v) is 9.26. The second-order valence-corrected chi connectivity index (χ2v) is 3.26. The number of nitro groups is 1. The molecule has 0 aliphatic rings. The molecule has 0 radical (unpaired) electrons. The van der Waals surface area contributed by atoms with Crippen molar-refractivity contribution < 1.29 is 9.34 Å². The van der Waals surface area contributed by atoms with Crippen molar-refractivity contribution in [3.63, 3.8) is 0 Å². The van der Waals surface area contributed by atoms with Gasteiger partial charge < -0.3 is 4.42 Å². The van der Waals surface area contributed by atoms with E-state index in [-0.39, 0.29) is 5.88 Å². The zero-order chi connectivity index (χ0) is 12.8. The van der Waals surface area contributed by atoms with Crippen LogP contribution in [0, 0.1) is 10.1 Å². The number of pyridine rings is 1. The molecular weight excluding hydrogens is 234 g/mol. The normalized spacial score (nSPS) is 11.3. The Bertz CT molecular complexity index is 588. The highest BCUT2D eigenvalue weighted by atomic mass is 16.6. The number of furan rings is 1. The van der Waals surface area contributed by atoms with Crippen LogP contribution in [0.5, 0.6) is 0 Å². The first-order chi connectivity index (χ1) is 8.75. The van der Waals surface area contributed by atoms with Crippen LogP contribution >= 0.6 is 0 Å². The number of aromatic nitrogens is 1. The van der Waals surface area contributed by atoms with Crippen LogP contribution in [0.25, 0.3) is 6.08 Å². The summed E-state index contributed by atoms with van der Waals surface area (Å²) in [6.07, 6.45) is 6.39. The van der Waals surface area contributed by atoms with Gasteiger partial charge in [0.2, 0.25) is 0 Å². The van der Waals surface area contributed by atoms with Gasteiger partial charge in [0, 0.05) is 12.4 Å². The molecule has 0 aromatic carbocycles. The summed E-state index contributed by atoms with van der Waals surface area (Å²) in [6, 6.07) is 8.22. The number of hydrogen-bond donors (Lipinski definition) is 0. The monoisotopic (exact) mass is 243 g/mol. The van der Waals surface area contributed by atoms with Crippen LogP contribution in [-0.4, -0.2) is 16.1 Å². The van der Waals surface area contributed by atoms with Gasteiger partial charge >= 0.3 is 5.88 Å². The minimum atomic E-state index is -0.584. The van der Waals surface area contributed by atoms with E-state index in [4.69, 9.17) is 4.42 Å². The summed E-state index contributed by atoms with van der Waals surface area (Å²) in [5.41, 5.74) is 0. The molecule has 2 rings (SSSR count). The minimum Gasteiger partial charge on any atom is -0.401 e. The first-order valence-electron chi connectivity index (χ1n) is 5.12. The van der Waals surface area contributed by atoms with Gasteiger partial charge in [-0.25, -0.2) is 9.98 Å². The second-order valence-electron chi connectivity index (χ2n) is 3.26. The summed E-state index contributed by atoms with van der Waals surface area (Å²) in [4.78, 5) is 17.9. The molecule has 0 fully saturated rings. The molecule has 90 valence electrons. The van der Waals surface area contributed by atoms with Crippen molar-refractivity contribution in [2.45, 2.75) is 0 Å². The third-order valence-corrected chi connectivity index (χ3v) is 2.00. The molecule has 6 nitrogen and oxygen atoms in total. The van der Waals surface area contributed by atoms with Crippen molar-refractivity contribution in [3.8, 4) is 0 Å². The SMILES string of the molecule is O=[N+]([O-])c1ccc(/C=C/C=N/c2ccccn2)o1. The number of allylic oxidation sites excluding steroid dienone is 1. The Balaban J connectivity index is 1.99. The smallest absolute Gasteiger partial charge is 0.401 e. The molecule has 0 spiro atoms. The number of nitrogens with zero attached hydrogens (tertiary/aromatic N) is 3. The van der Waals surface area contributed by atoms with E-state index >= 15 is 0 Å². The number of rotatable bonds is 4. The lowest BCUT2D eigenvalue weighted by atomic mass is 10.4. The van der Waals surface area contributed by atoms with Gasteiger partial charge in [0.1, 0.15) is 10.7 Å². The highest BCUT2D eigenvalue weighted by Crippen LogP contribution is 2.16. The Labute approximate surface area is 102 Å². The van der Waals surface area contributed by atoms with Gasteiger partial charge in [-0.2, -0.15) is 0 Å². The molecule has 2 heterocycles. The predicted molar refractivity (Wildman–Crippen MR) is 66.8 cm³/mol. The molecule has 0 saturated heterocycles. The molecule has 18 heavy (non-hydrogen) atoms. The molecule has 0 bridgehead atoms. The average molecular weight is 243 g/mol. The lowest BCUT2D eigenvalue weighted by Gasteiger charge is -1.87. The zero-order valence-electron chi connectivity index (χ0n) is 9.26. The van der Waals surface area contributed by atoms with Gasteiger partial charge in [-0.1, -0.05) is 6.07 Å². The lowest BCUT2D eigenvalue weighted by molar-refractivity contribution is -0.402. The van der Waals surface area contributed by atoms with Crippen LogP contribution < -0.4 is 0 Å². The largest absolute Gasteiger partial charge is 0.433 e. The minimum absolute atomic E-state index is 0.281. The molecule has 0 aliphatic heterocycles. The molecule has 2 aromatic rings. The van der Waals surface area contributed by atoms with Gasteiger partial charge in [-0.05, 0) is 30.4 Å². The second kappa shape index (κ2) is 5.53. The molecular formula is C12H9N3O3. The fraction of sp³-hybridized carbons (Fsp3) is 0. The Morgan fingerprint density at radius 1 is 1.33 bits per heavy atom. The van der Waals surface area contributed by atoms with E-state index in [0.717, 1.165) is 0 Å². The van der Waals surface area contributed by atoms with E-state index < -0.39 is 4.92 Å². The van der Waals surface area contributed by atoms with E-state index in [9.17, 15) is 10.1 Å². The maximum Gasteiger partial charge on any atom is 0.433 e. The lowest BCUT2D eigenvalue weighted by Crippen LogP contribution is -1.82. The molecule has 0 atom stereocenters. The van der Waals surface area contributed by atoms with E-state index in [1.165, 1.54) is 18.3 Å². The summed E-state index contributed by atoms with van der Waals surface area (Å²) in [7, 11) is 0. The molecule has 0 N–H and O–H groups in total. The fourth-order valence-electron chi connectivity index (χ4n) is 1.22. The van der Waals surface area contributed by atoms with Gasteiger partial charge in [-0.3, -0.25) is 10.1 Å². The first-order valence-corrected chi connectivity index (χ1v) is 5.12. The van der Waals surface area contributed by atoms with E-state index in [2.05, 4.69) is 9.98 Å². The van der Waals surface area contributed by atoms with Crippen LogP contribution in [0.3, 0.4) is 0 Å². The van der Waals surface area contributed by atoms with Crippen molar-refractivity contribution in [1.29, 1.82) is 0 Å². The van der Waals surface area contributed by atoms with Crippen molar-refractivity contribution in [2.24, 2.45) is 4.99 Å². The summed E-state index contributed by atoms with van der Waals surface area (Å²) < 4.78 is 4.93. The van der Waals surface area contributed by atoms with Crippen molar-refractivity contribution in [3.05, 3.63) is 58.5 Å². The summed E-state index contributed by atoms with van der Waals surface area (Å²) in [5.74, 6) is 0.707. The maximum atomic E-state index is 10.4. The predicted octanol–water partition coefficient (Wildman–Crippen LogP) is 3.00. The Morgan fingerprint density at radius 2 is 2.22 bits per heavy atom. The summed E-state index contributed by atoms with van der Waals surface area (Å²) >= 11 is 0. The standard InChI is InChI=1S/C12H9N3O3/c16-15(17)12-7-6-10(18-12)4-3-9-14-11-5-1-2-8-13-11/h1-9H/b4-3+,14-9+. The van der Waals surface area contributed by atoms with Gasteiger partial charge in [0.25, 0.3) is 0 Å². The third kappa shape index (κ3) is 3.11. The number of aliphatic imine (C=N–C) groups is 1. The Hall–Kier alpha value is -2.76.